The predicted octanol–water partition coefficient (Wildman–Crippen LogP) is 2.78. The number of hydrogen-bond acceptors (Lipinski definition) is 3. The van der Waals surface area contributed by atoms with E-state index in [1.165, 1.54) is 11.3 Å². The van der Waals surface area contributed by atoms with Crippen LogP contribution < -0.4 is 5.32 Å². The van der Waals surface area contributed by atoms with Gasteiger partial charge in [0.25, 0.3) is 0 Å². The summed E-state index contributed by atoms with van der Waals surface area (Å²) < 4.78 is 5.49. The van der Waals surface area contributed by atoms with Crippen LogP contribution in [0.25, 0.3) is 0 Å². The summed E-state index contributed by atoms with van der Waals surface area (Å²) >= 11 is 0. The molecule has 100 valence electrons. The molecule has 2 rings (SSSR count). The first-order valence-corrected chi connectivity index (χ1v) is 6.75. The minimum atomic E-state index is 0.120. The van der Waals surface area contributed by atoms with E-state index in [1.54, 1.807) is 0 Å². The monoisotopic (exact) mass is 248 g/mol. The maximum atomic E-state index is 5.49. The maximum absolute atomic E-state index is 5.49. The Labute approximate surface area is 110 Å². The molecule has 3 nitrogen and oxygen atoms in total. The van der Waals surface area contributed by atoms with Crippen LogP contribution in [0.4, 0.5) is 0 Å². The molecule has 0 amide bonds. The number of nitrogens with one attached hydrogen (secondary N) is 1. The van der Waals surface area contributed by atoms with Crippen molar-refractivity contribution in [3.8, 4) is 0 Å². The van der Waals surface area contributed by atoms with E-state index in [4.69, 9.17) is 9.72 Å². The quantitative estimate of drug-likeness (QED) is 0.893. The molecule has 0 bridgehead atoms. The van der Waals surface area contributed by atoms with Crippen molar-refractivity contribution in [2.75, 3.05) is 13.2 Å². The number of pyridine rings is 1. The van der Waals surface area contributed by atoms with Crippen molar-refractivity contribution in [1.29, 1.82) is 0 Å². The van der Waals surface area contributed by atoms with Gasteiger partial charge in [-0.3, -0.25) is 4.98 Å². The summed E-state index contributed by atoms with van der Waals surface area (Å²) in [4.78, 5) is 4.70. The maximum Gasteiger partial charge on any atom is 0.0580 e. The molecule has 1 aromatic rings. The third kappa shape index (κ3) is 3.53. The SMILES string of the molecule is Cc1ccc(C2CCOC2)c(CNC(C)(C)C)n1. The molecule has 1 saturated heterocycles. The summed E-state index contributed by atoms with van der Waals surface area (Å²) in [6, 6.07) is 4.33. The van der Waals surface area contributed by atoms with Crippen LogP contribution in [0.1, 0.15) is 50.1 Å². The predicted molar refractivity (Wildman–Crippen MR) is 73.7 cm³/mol. The van der Waals surface area contributed by atoms with Gasteiger partial charge in [-0.25, -0.2) is 0 Å². The van der Waals surface area contributed by atoms with Gasteiger partial charge < -0.3 is 10.1 Å². The summed E-state index contributed by atoms with van der Waals surface area (Å²) in [7, 11) is 0. The lowest BCUT2D eigenvalue weighted by Gasteiger charge is -2.22. The van der Waals surface area contributed by atoms with E-state index in [0.717, 1.165) is 31.9 Å². The fraction of sp³-hybridized carbons (Fsp3) is 0.667. The van der Waals surface area contributed by atoms with Gasteiger partial charge in [0.05, 0.1) is 12.3 Å². The highest BCUT2D eigenvalue weighted by Crippen LogP contribution is 2.27. The van der Waals surface area contributed by atoms with Crippen LogP contribution >= 0.6 is 0 Å². The average molecular weight is 248 g/mol. The van der Waals surface area contributed by atoms with Crippen molar-refractivity contribution in [2.24, 2.45) is 0 Å². The molecule has 0 radical (unpaired) electrons. The smallest absolute Gasteiger partial charge is 0.0580 e. The van der Waals surface area contributed by atoms with Gasteiger partial charge >= 0.3 is 0 Å². The number of aryl methyl sites for hydroxylation is 1. The van der Waals surface area contributed by atoms with Gasteiger partial charge in [0.15, 0.2) is 0 Å². The molecule has 18 heavy (non-hydrogen) atoms. The molecule has 1 aliphatic rings. The van der Waals surface area contributed by atoms with Gasteiger partial charge in [-0.05, 0) is 45.7 Å². The van der Waals surface area contributed by atoms with Gasteiger partial charge in [0, 0.05) is 30.3 Å². The van der Waals surface area contributed by atoms with Crippen molar-refractivity contribution in [3.05, 3.63) is 29.1 Å². The molecule has 1 unspecified atom stereocenters. The van der Waals surface area contributed by atoms with Crippen LogP contribution in [-0.2, 0) is 11.3 Å². The van der Waals surface area contributed by atoms with Crippen LogP contribution in [0, 0.1) is 6.92 Å². The zero-order chi connectivity index (χ0) is 13.2. The lowest BCUT2D eigenvalue weighted by Crippen LogP contribution is -2.35. The number of rotatable bonds is 3. The summed E-state index contributed by atoms with van der Waals surface area (Å²) in [6.45, 7) is 11.1. The van der Waals surface area contributed by atoms with Gasteiger partial charge in [0.1, 0.15) is 0 Å². The Hall–Kier alpha value is -0.930. The molecule has 1 fully saturated rings. The molecule has 3 heteroatoms. The van der Waals surface area contributed by atoms with Crippen molar-refractivity contribution in [3.63, 3.8) is 0 Å². The number of aromatic nitrogens is 1. The van der Waals surface area contributed by atoms with Gasteiger partial charge in [-0.15, -0.1) is 0 Å². The fourth-order valence-electron chi connectivity index (χ4n) is 2.26. The summed E-state index contributed by atoms with van der Waals surface area (Å²) in [5, 5.41) is 3.53. The van der Waals surface area contributed by atoms with Crippen LogP contribution in [0.3, 0.4) is 0 Å². The first kappa shape index (κ1) is 13.5. The normalized spacial score (nSPS) is 20.3. The van der Waals surface area contributed by atoms with Crippen LogP contribution in [0.5, 0.6) is 0 Å². The Morgan fingerprint density at radius 2 is 2.17 bits per heavy atom. The van der Waals surface area contributed by atoms with Crippen LogP contribution in [0.2, 0.25) is 0 Å². The lowest BCUT2D eigenvalue weighted by atomic mass is 9.96. The minimum Gasteiger partial charge on any atom is -0.381 e. The summed E-state index contributed by atoms with van der Waals surface area (Å²) in [5.74, 6) is 0.523. The molecule has 1 N–H and O–H groups in total. The molecule has 0 spiro atoms. The second-order valence-electron chi connectivity index (χ2n) is 6.15. The van der Waals surface area contributed by atoms with Crippen molar-refractivity contribution < 1.29 is 4.74 Å². The van der Waals surface area contributed by atoms with E-state index >= 15 is 0 Å². The third-order valence-corrected chi connectivity index (χ3v) is 3.30. The topological polar surface area (TPSA) is 34.1 Å². The van der Waals surface area contributed by atoms with Gasteiger partial charge in [-0.1, -0.05) is 6.07 Å². The summed E-state index contributed by atoms with van der Waals surface area (Å²) in [6.07, 6.45) is 1.12. The van der Waals surface area contributed by atoms with Crippen LogP contribution in [0.15, 0.2) is 12.1 Å². The standard InChI is InChI=1S/C15H24N2O/c1-11-5-6-13(12-7-8-18-10-12)14(17-11)9-16-15(2,3)4/h5-6,12,16H,7-10H2,1-4H3. The lowest BCUT2D eigenvalue weighted by molar-refractivity contribution is 0.193. The molecule has 1 aliphatic heterocycles. The Balaban J connectivity index is 2.17. The molecule has 0 aromatic carbocycles. The number of nitrogens with zero attached hydrogens (tertiary/aromatic N) is 1. The Morgan fingerprint density at radius 1 is 1.39 bits per heavy atom. The van der Waals surface area contributed by atoms with Crippen LogP contribution in [-0.4, -0.2) is 23.7 Å². The Kier molecular flexibility index (Phi) is 4.03. The van der Waals surface area contributed by atoms with Gasteiger partial charge in [-0.2, -0.15) is 0 Å². The minimum absolute atomic E-state index is 0.120. The van der Waals surface area contributed by atoms with Gasteiger partial charge in [0.2, 0.25) is 0 Å². The summed E-state index contributed by atoms with van der Waals surface area (Å²) in [5.41, 5.74) is 3.74. The largest absolute Gasteiger partial charge is 0.381 e. The second-order valence-corrected chi connectivity index (χ2v) is 6.15. The Morgan fingerprint density at radius 3 is 2.78 bits per heavy atom. The average Bonchev–Trinajstić information content (AvgIpc) is 2.79. The molecule has 0 aliphatic carbocycles. The molecule has 0 saturated carbocycles. The first-order valence-electron chi connectivity index (χ1n) is 6.75. The van der Waals surface area contributed by atoms with Crippen molar-refractivity contribution in [1.82, 2.24) is 10.3 Å². The molecule has 1 atom stereocenters. The van der Waals surface area contributed by atoms with E-state index in [9.17, 15) is 0 Å². The highest BCUT2D eigenvalue weighted by Gasteiger charge is 2.22. The van der Waals surface area contributed by atoms with E-state index in [2.05, 4.69) is 45.1 Å². The van der Waals surface area contributed by atoms with E-state index in [-0.39, 0.29) is 5.54 Å². The van der Waals surface area contributed by atoms with E-state index in [1.807, 2.05) is 0 Å². The molecular formula is C15H24N2O. The van der Waals surface area contributed by atoms with E-state index < -0.39 is 0 Å². The Bertz CT molecular complexity index is 403. The third-order valence-electron chi connectivity index (χ3n) is 3.30. The zero-order valence-corrected chi connectivity index (χ0v) is 11.9. The number of hydrogen-bond donors (Lipinski definition) is 1. The highest BCUT2D eigenvalue weighted by molar-refractivity contribution is 5.27. The van der Waals surface area contributed by atoms with Crippen molar-refractivity contribution >= 4 is 0 Å². The number of ether oxygens (including phenoxy) is 1. The second kappa shape index (κ2) is 5.37. The van der Waals surface area contributed by atoms with Crippen molar-refractivity contribution in [2.45, 2.75) is 52.1 Å². The molecule has 1 aromatic heterocycles. The molecule has 2 heterocycles. The van der Waals surface area contributed by atoms with E-state index in [0.29, 0.717) is 5.92 Å². The first-order chi connectivity index (χ1) is 8.46. The fourth-order valence-corrected chi connectivity index (χ4v) is 2.26. The molecular weight excluding hydrogens is 224 g/mol. The zero-order valence-electron chi connectivity index (χ0n) is 11.9. The highest BCUT2D eigenvalue weighted by atomic mass is 16.5.